The van der Waals surface area contributed by atoms with Gasteiger partial charge in [0.2, 0.25) is 10.0 Å². The fourth-order valence-corrected chi connectivity index (χ4v) is 4.37. The third-order valence-electron chi connectivity index (χ3n) is 5.08. The van der Waals surface area contributed by atoms with Crippen molar-refractivity contribution >= 4 is 44.9 Å². The van der Waals surface area contributed by atoms with E-state index in [-0.39, 0.29) is 15.6 Å². The lowest BCUT2D eigenvalue weighted by Gasteiger charge is -2.23. The number of pyridine rings is 1. The topological polar surface area (TPSA) is 109 Å². The average molecular weight is 481 g/mol. The zero-order valence-corrected chi connectivity index (χ0v) is 19.6. The van der Waals surface area contributed by atoms with Crippen molar-refractivity contribution in [2.75, 3.05) is 37.4 Å². The van der Waals surface area contributed by atoms with Crippen LogP contribution in [0.5, 0.6) is 0 Å². The summed E-state index contributed by atoms with van der Waals surface area (Å²) in [5.74, 6) is -1.38. The number of nitrogens with one attached hydrogen (secondary N) is 1. The minimum atomic E-state index is -3.76. The van der Waals surface area contributed by atoms with Crippen LogP contribution in [-0.4, -0.2) is 62.9 Å². The summed E-state index contributed by atoms with van der Waals surface area (Å²) >= 11 is 5.95. The molecule has 1 saturated heterocycles. The van der Waals surface area contributed by atoms with E-state index in [2.05, 4.69) is 10.3 Å². The molecule has 1 amide bonds. The van der Waals surface area contributed by atoms with Crippen LogP contribution in [0.2, 0.25) is 5.15 Å². The van der Waals surface area contributed by atoms with Crippen molar-refractivity contribution in [3.63, 3.8) is 0 Å². The number of ether oxygens (including phenoxy) is 1. The van der Waals surface area contributed by atoms with Gasteiger partial charge in [-0.05, 0) is 50.1 Å². The number of carbonyl (C=O) groups excluding carboxylic acids is 2. The standard InChI is InChI=1S/C21H25ClN4O5S/c1-14(20(27)24-17-7-6-10-23-19(17)22)31-21(28)16-13-15(32(29,30)25(2)3)8-9-18(16)26-11-4-5-12-26/h6-10,13-14H,4-5,11-12H2,1-3H3,(H,24,27). The number of benzene rings is 1. The van der Waals surface area contributed by atoms with Gasteiger partial charge in [0.1, 0.15) is 0 Å². The van der Waals surface area contributed by atoms with Crippen LogP contribution in [0.4, 0.5) is 11.4 Å². The third-order valence-corrected chi connectivity index (χ3v) is 7.20. The smallest absolute Gasteiger partial charge is 0.341 e. The number of hydrogen-bond acceptors (Lipinski definition) is 7. The maximum atomic E-state index is 13.0. The quantitative estimate of drug-likeness (QED) is 0.479. The number of halogens is 1. The van der Waals surface area contributed by atoms with E-state index in [1.54, 1.807) is 18.2 Å². The zero-order chi connectivity index (χ0) is 23.5. The molecule has 1 aromatic heterocycles. The highest BCUT2D eigenvalue weighted by molar-refractivity contribution is 7.89. The van der Waals surface area contributed by atoms with E-state index in [1.807, 2.05) is 4.90 Å². The molecule has 9 nitrogen and oxygen atoms in total. The minimum Gasteiger partial charge on any atom is -0.449 e. The van der Waals surface area contributed by atoms with Crippen molar-refractivity contribution in [3.05, 3.63) is 47.2 Å². The van der Waals surface area contributed by atoms with Gasteiger partial charge in [-0.15, -0.1) is 0 Å². The van der Waals surface area contributed by atoms with Crippen molar-refractivity contribution in [2.45, 2.75) is 30.8 Å². The molecule has 0 bridgehead atoms. The molecule has 1 atom stereocenters. The Morgan fingerprint density at radius 2 is 1.91 bits per heavy atom. The number of aromatic nitrogens is 1. The molecule has 2 aromatic rings. The van der Waals surface area contributed by atoms with Crippen molar-refractivity contribution < 1.29 is 22.7 Å². The number of amides is 1. The molecular weight excluding hydrogens is 456 g/mol. The number of carbonyl (C=O) groups is 2. The highest BCUT2D eigenvalue weighted by atomic mass is 35.5. The number of anilines is 2. The Kier molecular flexibility index (Phi) is 7.37. The first-order valence-electron chi connectivity index (χ1n) is 10.0. The number of sulfonamides is 1. The molecule has 11 heteroatoms. The Balaban J connectivity index is 1.86. The van der Waals surface area contributed by atoms with Crippen LogP contribution in [0, 0.1) is 0 Å². The van der Waals surface area contributed by atoms with Crippen LogP contribution in [0.1, 0.15) is 30.1 Å². The highest BCUT2D eigenvalue weighted by Crippen LogP contribution is 2.29. The summed E-state index contributed by atoms with van der Waals surface area (Å²) in [6, 6.07) is 7.56. The van der Waals surface area contributed by atoms with Crippen molar-refractivity contribution in [2.24, 2.45) is 0 Å². The molecule has 1 aliphatic heterocycles. The maximum absolute atomic E-state index is 13.0. The van der Waals surface area contributed by atoms with Gasteiger partial charge in [-0.25, -0.2) is 22.5 Å². The maximum Gasteiger partial charge on any atom is 0.341 e. The molecule has 0 spiro atoms. The lowest BCUT2D eigenvalue weighted by atomic mass is 10.1. The number of nitrogens with zero attached hydrogens (tertiary/aromatic N) is 3. The van der Waals surface area contributed by atoms with E-state index < -0.39 is 28.0 Å². The normalized spacial score (nSPS) is 15.0. The van der Waals surface area contributed by atoms with Crippen LogP contribution in [0.25, 0.3) is 0 Å². The molecule has 1 N–H and O–H groups in total. The Bertz CT molecular complexity index is 1120. The van der Waals surface area contributed by atoms with Gasteiger partial charge in [0.15, 0.2) is 11.3 Å². The lowest BCUT2D eigenvalue weighted by Crippen LogP contribution is -2.31. The Morgan fingerprint density at radius 1 is 1.22 bits per heavy atom. The molecule has 32 heavy (non-hydrogen) atoms. The lowest BCUT2D eigenvalue weighted by molar-refractivity contribution is -0.123. The van der Waals surface area contributed by atoms with E-state index in [9.17, 15) is 18.0 Å². The zero-order valence-electron chi connectivity index (χ0n) is 18.0. The second kappa shape index (κ2) is 9.85. The summed E-state index contributed by atoms with van der Waals surface area (Å²) in [6.07, 6.45) is 2.27. The summed E-state index contributed by atoms with van der Waals surface area (Å²) in [5.41, 5.74) is 0.959. The van der Waals surface area contributed by atoms with E-state index >= 15 is 0 Å². The van der Waals surface area contributed by atoms with E-state index in [1.165, 1.54) is 39.3 Å². The minimum absolute atomic E-state index is 0.0309. The van der Waals surface area contributed by atoms with Crippen molar-refractivity contribution in [3.8, 4) is 0 Å². The molecule has 1 aliphatic rings. The molecule has 1 fully saturated rings. The fourth-order valence-electron chi connectivity index (χ4n) is 3.27. The van der Waals surface area contributed by atoms with Gasteiger partial charge < -0.3 is 15.0 Å². The van der Waals surface area contributed by atoms with Gasteiger partial charge in [-0.1, -0.05) is 11.6 Å². The molecule has 2 heterocycles. The first-order chi connectivity index (χ1) is 15.1. The Morgan fingerprint density at radius 3 is 2.53 bits per heavy atom. The van der Waals surface area contributed by atoms with Crippen LogP contribution >= 0.6 is 11.6 Å². The first-order valence-corrected chi connectivity index (χ1v) is 11.9. The SMILES string of the molecule is CC(OC(=O)c1cc(S(=O)(=O)N(C)C)ccc1N1CCCC1)C(=O)Nc1cccnc1Cl. The molecule has 0 radical (unpaired) electrons. The monoisotopic (exact) mass is 480 g/mol. The first kappa shape index (κ1) is 24.0. The average Bonchev–Trinajstić information content (AvgIpc) is 3.29. The van der Waals surface area contributed by atoms with Gasteiger partial charge in [-0.2, -0.15) is 0 Å². The van der Waals surface area contributed by atoms with Crippen molar-refractivity contribution in [1.29, 1.82) is 0 Å². The van der Waals surface area contributed by atoms with E-state index in [4.69, 9.17) is 16.3 Å². The molecule has 3 rings (SSSR count). The van der Waals surface area contributed by atoms with Crippen LogP contribution in [0.3, 0.4) is 0 Å². The van der Waals surface area contributed by atoms with Crippen LogP contribution < -0.4 is 10.2 Å². The predicted molar refractivity (Wildman–Crippen MR) is 122 cm³/mol. The fraction of sp³-hybridized carbons (Fsp3) is 0.381. The van der Waals surface area contributed by atoms with Crippen LogP contribution in [0.15, 0.2) is 41.4 Å². The summed E-state index contributed by atoms with van der Waals surface area (Å²) in [7, 11) is -0.929. The molecule has 172 valence electrons. The summed E-state index contributed by atoms with van der Waals surface area (Å²) < 4.78 is 31.6. The van der Waals surface area contributed by atoms with Gasteiger partial charge >= 0.3 is 5.97 Å². The highest BCUT2D eigenvalue weighted by Gasteiger charge is 2.27. The Labute approximate surface area is 192 Å². The van der Waals surface area contributed by atoms with E-state index in [0.29, 0.717) is 11.4 Å². The molecular formula is C21H25ClN4O5S. The molecule has 1 aromatic carbocycles. The predicted octanol–water partition coefficient (Wildman–Crippen LogP) is 2.77. The largest absolute Gasteiger partial charge is 0.449 e. The Hall–Kier alpha value is -2.69. The summed E-state index contributed by atoms with van der Waals surface area (Å²) in [5, 5.41) is 2.67. The number of rotatable bonds is 7. The van der Waals surface area contributed by atoms with Gasteiger partial charge in [-0.3, -0.25) is 4.79 Å². The van der Waals surface area contributed by atoms with Gasteiger partial charge in [0.05, 0.1) is 21.8 Å². The van der Waals surface area contributed by atoms with Crippen molar-refractivity contribution in [1.82, 2.24) is 9.29 Å². The second-order valence-electron chi connectivity index (χ2n) is 7.54. The third kappa shape index (κ3) is 5.20. The number of hydrogen-bond donors (Lipinski definition) is 1. The van der Waals surface area contributed by atoms with Crippen LogP contribution in [-0.2, 0) is 19.6 Å². The number of esters is 1. The van der Waals surface area contributed by atoms with E-state index in [0.717, 1.165) is 30.2 Å². The van der Waals surface area contributed by atoms with Gasteiger partial charge in [0, 0.05) is 33.4 Å². The molecule has 1 unspecified atom stereocenters. The second-order valence-corrected chi connectivity index (χ2v) is 10.0. The van der Waals surface area contributed by atoms with Gasteiger partial charge in [0.25, 0.3) is 5.91 Å². The molecule has 0 aliphatic carbocycles. The summed E-state index contributed by atoms with van der Waals surface area (Å²) in [4.78, 5) is 31.4. The molecule has 0 saturated carbocycles. The summed E-state index contributed by atoms with van der Waals surface area (Å²) in [6.45, 7) is 2.92.